The normalized spacial score (nSPS) is 11.8. The minimum Gasteiger partial charge on any atom is -0.0837 e. The number of halogens is 1. The van der Waals surface area contributed by atoms with Crippen LogP contribution in [0.15, 0.2) is 54.6 Å². The highest BCUT2D eigenvalue weighted by Crippen LogP contribution is 2.48. The quantitative estimate of drug-likeness (QED) is 0.397. The van der Waals surface area contributed by atoms with Crippen LogP contribution in [0.1, 0.15) is 0 Å². The van der Waals surface area contributed by atoms with Crippen LogP contribution < -0.4 is 0 Å². The molecule has 1 aliphatic carbocycles. The Balaban J connectivity index is 2.30. The first kappa shape index (κ1) is 9.26. The van der Waals surface area contributed by atoms with Crippen LogP contribution in [0.3, 0.4) is 0 Å². The summed E-state index contributed by atoms with van der Waals surface area (Å²) >= 11 is 6.27. The first-order chi connectivity index (χ1) is 8.36. The SMILES string of the molecule is Clc1ccc2c3c(cccc13)-c1ccccc1-2. The van der Waals surface area contributed by atoms with Crippen molar-refractivity contribution in [2.75, 3.05) is 0 Å². The van der Waals surface area contributed by atoms with Gasteiger partial charge >= 0.3 is 0 Å². The zero-order chi connectivity index (χ0) is 11.4. The Kier molecular flexibility index (Phi) is 1.70. The lowest BCUT2D eigenvalue weighted by Crippen LogP contribution is -1.76. The van der Waals surface area contributed by atoms with Crippen LogP contribution in [0.4, 0.5) is 0 Å². The molecule has 0 fully saturated rings. The Morgan fingerprint density at radius 3 is 2.00 bits per heavy atom. The molecule has 0 radical (unpaired) electrons. The van der Waals surface area contributed by atoms with E-state index in [0.29, 0.717) is 0 Å². The molecule has 1 aliphatic rings. The topological polar surface area (TPSA) is 0 Å². The van der Waals surface area contributed by atoms with E-state index in [1.165, 1.54) is 27.6 Å². The molecule has 0 unspecified atom stereocenters. The predicted octanol–water partition coefficient (Wildman–Crippen LogP) is 5.14. The van der Waals surface area contributed by atoms with Crippen molar-refractivity contribution >= 4 is 22.4 Å². The van der Waals surface area contributed by atoms with Gasteiger partial charge in [-0.2, -0.15) is 0 Å². The second-order valence-corrected chi connectivity index (χ2v) is 4.78. The van der Waals surface area contributed by atoms with Gasteiger partial charge in [0.15, 0.2) is 0 Å². The number of hydrogen-bond donors (Lipinski definition) is 0. The molecule has 0 saturated carbocycles. The molecule has 3 aromatic carbocycles. The second-order valence-electron chi connectivity index (χ2n) is 4.37. The smallest absolute Gasteiger partial charge is 0.0485 e. The van der Waals surface area contributed by atoms with Crippen molar-refractivity contribution in [2.45, 2.75) is 0 Å². The number of benzene rings is 3. The van der Waals surface area contributed by atoms with Gasteiger partial charge in [0.05, 0.1) is 0 Å². The molecule has 0 aliphatic heterocycles. The van der Waals surface area contributed by atoms with E-state index in [0.717, 1.165) is 10.4 Å². The maximum atomic E-state index is 6.27. The molecule has 0 nitrogen and oxygen atoms in total. The van der Waals surface area contributed by atoms with Crippen LogP contribution in [0.25, 0.3) is 33.0 Å². The molecule has 0 amide bonds. The average Bonchev–Trinajstić information content (AvgIpc) is 2.70. The number of rotatable bonds is 0. The lowest BCUT2D eigenvalue weighted by molar-refractivity contribution is 1.70. The molecule has 0 saturated heterocycles. The Morgan fingerprint density at radius 2 is 1.24 bits per heavy atom. The van der Waals surface area contributed by atoms with Gasteiger partial charge in [-0.3, -0.25) is 0 Å². The van der Waals surface area contributed by atoms with E-state index in [9.17, 15) is 0 Å². The van der Waals surface area contributed by atoms with E-state index in [-0.39, 0.29) is 0 Å². The Morgan fingerprint density at radius 1 is 0.588 bits per heavy atom. The summed E-state index contributed by atoms with van der Waals surface area (Å²) in [6.45, 7) is 0. The van der Waals surface area contributed by atoms with E-state index >= 15 is 0 Å². The van der Waals surface area contributed by atoms with Crippen LogP contribution in [0.2, 0.25) is 5.02 Å². The van der Waals surface area contributed by atoms with E-state index in [2.05, 4.69) is 48.5 Å². The van der Waals surface area contributed by atoms with Gasteiger partial charge in [-0.1, -0.05) is 60.1 Å². The average molecular weight is 237 g/mol. The fourth-order valence-electron chi connectivity index (χ4n) is 2.77. The molecule has 80 valence electrons. The fraction of sp³-hybridized carbons (Fsp3) is 0. The monoisotopic (exact) mass is 236 g/mol. The third-order valence-electron chi connectivity index (χ3n) is 3.49. The first-order valence-corrected chi connectivity index (χ1v) is 6.05. The summed E-state index contributed by atoms with van der Waals surface area (Å²) < 4.78 is 0. The van der Waals surface area contributed by atoms with Gasteiger partial charge in [-0.25, -0.2) is 0 Å². The third kappa shape index (κ3) is 1.08. The van der Waals surface area contributed by atoms with Crippen LogP contribution in [-0.4, -0.2) is 0 Å². The summed E-state index contributed by atoms with van der Waals surface area (Å²) in [4.78, 5) is 0. The summed E-state index contributed by atoms with van der Waals surface area (Å²) in [7, 11) is 0. The van der Waals surface area contributed by atoms with Crippen molar-refractivity contribution < 1.29 is 0 Å². The molecule has 3 aromatic rings. The Bertz CT molecular complexity index is 727. The van der Waals surface area contributed by atoms with Gasteiger partial charge in [0.1, 0.15) is 0 Å². The van der Waals surface area contributed by atoms with Gasteiger partial charge in [-0.05, 0) is 33.7 Å². The number of fused-ring (bicyclic) bond motifs is 3. The first-order valence-electron chi connectivity index (χ1n) is 5.67. The minimum atomic E-state index is 0.832. The van der Waals surface area contributed by atoms with Gasteiger partial charge in [0.2, 0.25) is 0 Å². The maximum absolute atomic E-state index is 6.27. The largest absolute Gasteiger partial charge is 0.0837 e. The maximum Gasteiger partial charge on any atom is 0.0485 e. The Labute approximate surface area is 104 Å². The molecule has 0 N–H and O–H groups in total. The molecule has 17 heavy (non-hydrogen) atoms. The lowest BCUT2D eigenvalue weighted by atomic mass is 10.0. The summed E-state index contributed by atoms with van der Waals surface area (Å²) in [6.07, 6.45) is 0. The van der Waals surface area contributed by atoms with Crippen molar-refractivity contribution in [3.05, 3.63) is 59.6 Å². The highest BCUT2D eigenvalue weighted by molar-refractivity contribution is 6.37. The number of hydrogen-bond acceptors (Lipinski definition) is 0. The molecule has 1 heteroatoms. The summed E-state index contributed by atoms with van der Waals surface area (Å²) in [5, 5.41) is 3.28. The van der Waals surface area contributed by atoms with E-state index in [1.807, 2.05) is 6.07 Å². The predicted molar refractivity (Wildman–Crippen MR) is 73.4 cm³/mol. The molecule has 0 heterocycles. The molecule has 0 atom stereocenters. The Hall–Kier alpha value is -1.79. The van der Waals surface area contributed by atoms with E-state index in [1.54, 1.807) is 0 Å². The van der Waals surface area contributed by atoms with Gasteiger partial charge in [0, 0.05) is 10.4 Å². The zero-order valence-electron chi connectivity index (χ0n) is 9.07. The highest BCUT2D eigenvalue weighted by atomic mass is 35.5. The van der Waals surface area contributed by atoms with Crippen LogP contribution in [0.5, 0.6) is 0 Å². The van der Waals surface area contributed by atoms with Crippen molar-refractivity contribution in [2.24, 2.45) is 0 Å². The fourth-order valence-corrected chi connectivity index (χ4v) is 2.99. The van der Waals surface area contributed by atoms with Crippen molar-refractivity contribution in [3.8, 4) is 22.3 Å². The van der Waals surface area contributed by atoms with Crippen LogP contribution in [-0.2, 0) is 0 Å². The van der Waals surface area contributed by atoms with Gasteiger partial charge < -0.3 is 0 Å². The summed E-state index contributed by atoms with van der Waals surface area (Å²) in [5.41, 5.74) is 5.23. The van der Waals surface area contributed by atoms with E-state index < -0.39 is 0 Å². The molecular weight excluding hydrogens is 228 g/mol. The zero-order valence-corrected chi connectivity index (χ0v) is 9.83. The van der Waals surface area contributed by atoms with E-state index in [4.69, 9.17) is 11.6 Å². The highest BCUT2D eigenvalue weighted by Gasteiger charge is 2.20. The van der Waals surface area contributed by atoms with Crippen LogP contribution in [0, 0.1) is 0 Å². The molecule has 0 bridgehead atoms. The summed E-state index contributed by atoms with van der Waals surface area (Å²) in [6, 6.07) is 19.0. The summed E-state index contributed by atoms with van der Waals surface area (Å²) in [5.74, 6) is 0. The van der Waals surface area contributed by atoms with Crippen molar-refractivity contribution in [1.82, 2.24) is 0 Å². The van der Waals surface area contributed by atoms with Gasteiger partial charge in [-0.15, -0.1) is 0 Å². The molecule has 0 spiro atoms. The second kappa shape index (κ2) is 3.12. The minimum absolute atomic E-state index is 0.832. The van der Waals surface area contributed by atoms with Gasteiger partial charge in [0.25, 0.3) is 0 Å². The molecule has 0 aromatic heterocycles. The third-order valence-corrected chi connectivity index (χ3v) is 3.82. The van der Waals surface area contributed by atoms with Crippen molar-refractivity contribution in [3.63, 3.8) is 0 Å². The molecular formula is C16H9Cl. The molecule has 4 rings (SSSR count). The van der Waals surface area contributed by atoms with Crippen LogP contribution >= 0.6 is 11.6 Å². The standard InChI is InChI=1S/C16H9Cl/c17-15-9-8-13-11-5-2-1-4-10(11)12-6-3-7-14(15)16(12)13/h1-9H. The van der Waals surface area contributed by atoms with Crippen molar-refractivity contribution in [1.29, 1.82) is 0 Å². The lowest BCUT2D eigenvalue weighted by Gasteiger charge is -2.03.